The van der Waals surface area contributed by atoms with Crippen LogP contribution in [-0.2, 0) is 16.3 Å². The molecule has 3 nitrogen and oxygen atoms in total. The third kappa shape index (κ3) is 3.70. The molecule has 0 aromatic heterocycles. The molecule has 0 aliphatic carbocycles. The molecule has 4 heteroatoms. The van der Waals surface area contributed by atoms with Gasteiger partial charge in [0.05, 0.1) is 5.75 Å². The molecule has 0 aliphatic heterocycles. The molecule has 0 saturated heterocycles. The van der Waals surface area contributed by atoms with E-state index in [4.69, 9.17) is 0 Å². The summed E-state index contributed by atoms with van der Waals surface area (Å²) in [5.74, 6) is 0.120. The number of carbonyl (C=O) groups is 1. The number of rotatable bonds is 4. The monoisotopic (exact) mass is 212 g/mol. The van der Waals surface area contributed by atoms with Gasteiger partial charge in [0.1, 0.15) is 16.1 Å². The van der Waals surface area contributed by atoms with Crippen LogP contribution in [0.4, 0.5) is 0 Å². The summed E-state index contributed by atoms with van der Waals surface area (Å²) < 4.78 is 21.8. The first-order valence-corrected chi connectivity index (χ1v) is 6.29. The van der Waals surface area contributed by atoms with Crippen molar-refractivity contribution in [3.8, 4) is 0 Å². The van der Waals surface area contributed by atoms with Gasteiger partial charge in [-0.1, -0.05) is 18.2 Å². The van der Waals surface area contributed by atoms with Gasteiger partial charge in [0.25, 0.3) is 0 Å². The summed E-state index contributed by atoms with van der Waals surface area (Å²) in [6.07, 6.45) is 2.42. The molecule has 1 rings (SSSR count). The van der Waals surface area contributed by atoms with Crippen LogP contribution in [-0.4, -0.2) is 26.7 Å². The number of carbonyl (C=O) groups excluding carboxylic acids is 1. The van der Waals surface area contributed by atoms with Crippen LogP contribution in [0.25, 0.3) is 0 Å². The van der Waals surface area contributed by atoms with Gasteiger partial charge >= 0.3 is 0 Å². The highest BCUT2D eigenvalue weighted by Gasteiger charge is 2.03. The average molecular weight is 212 g/mol. The normalized spacial score (nSPS) is 11.2. The van der Waals surface area contributed by atoms with E-state index in [1.54, 1.807) is 18.2 Å². The van der Waals surface area contributed by atoms with Crippen molar-refractivity contribution in [2.45, 2.75) is 6.42 Å². The molecule has 0 saturated carbocycles. The Kier molecular flexibility index (Phi) is 3.41. The maximum absolute atomic E-state index is 10.9. The second kappa shape index (κ2) is 4.37. The van der Waals surface area contributed by atoms with E-state index in [9.17, 15) is 13.2 Å². The minimum absolute atomic E-state index is 0.120. The number of hydrogen-bond donors (Lipinski definition) is 0. The number of aryl methyl sites for hydroxylation is 1. The lowest BCUT2D eigenvalue weighted by Crippen LogP contribution is -2.05. The van der Waals surface area contributed by atoms with Crippen molar-refractivity contribution in [2.24, 2.45) is 0 Å². The molecule has 0 radical (unpaired) electrons. The van der Waals surface area contributed by atoms with Crippen LogP contribution in [0.5, 0.6) is 0 Å². The van der Waals surface area contributed by atoms with Gasteiger partial charge in [0.2, 0.25) is 0 Å². The predicted molar refractivity (Wildman–Crippen MR) is 55.2 cm³/mol. The molecule has 1 aromatic rings. The summed E-state index contributed by atoms with van der Waals surface area (Å²) >= 11 is 0. The van der Waals surface area contributed by atoms with E-state index in [-0.39, 0.29) is 5.75 Å². The first-order chi connectivity index (χ1) is 6.51. The molecule has 14 heavy (non-hydrogen) atoms. The minimum Gasteiger partial charge on any atom is -0.298 e. The average Bonchev–Trinajstić information content (AvgIpc) is 2.14. The fraction of sp³-hybridized carbons (Fsp3) is 0.300. The molecule has 0 spiro atoms. The number of hydrogen-bond acceptors (Lipinski definition) is 3. The number of sulfone groups is 1. The zero-order valence-electron chi connectivity index (χ0n) is 7.93. The lowest BCUT2D eigenvalue weighted by molar-refractivity contribution is 0.112. The van der Waals surface area contributed by atoms with Crippen molar-refractivity contribution in [1.29, 1.82) is 0 Å². The largest absolute Gasteiger partial charge is 0.298 e. The van der Waals surface area contributed by atoms with Crippen molar-refractivity contribution in [3.63, 3.8) is 0 Å². The summed E-state index contributed by atoms with van der Waals surface area (Å²) in [7, 11) is -2.93. The molecule has 0 heterocycles. The van der Waals surface area contributed by atoms with Gasteiger partial charge in [-0.15, -0.1) is 0 Å². The Bertz CT molecular complexity index is 421. The number of benzene rings is 1. The van der Waals surface area contributed by atoms with Gasteiger partial charge in [-0.2, -0.15) is 0 Å². The van der Waals surface area contributed by atoms with Crippen molar-refractivity contribution in [1.82, 2.24) is 0 Å². The molecule has 0 unspecified atom stereocenters. The molecular weight excluding hydrogens is 200 g/mol. The van der Waals surface area contributed by atoms with Crippen LogP contribution >= 0.6 is 0 Å². The maximum Gasteiger partial charge on any atom is 0.150 e. The molecule has 0 amide bonds. The van der Waals surface area contributed by atoms with E-state index in [0.29, 0.717) is 12.0 Å². The highest BCUT2D eigenvalue weighted by molar-refractivity contribution is 7.90. The third-order valence-electron chi connectivity index (χ3n) is 1.85. The summed E-state index contributed by atoms with van der Waals surface area (Å²) in [6, 6.07) is 6.97. The maximum atomic E-state index is 10.9. The molecule has 76 valence electrons. The van der Waals surface area contributed by atoms with Crippen molar-refractivity contribution in [2.75, 3.05) is 12.0 Å². The van der Waals surface area contributed by atoms with Gasteiger partial charge < -0.3 is 0 Å². The van der Waals surface area contributed by atoms with Crippen molar-refractivity contribution < 1.29 is 13.2 Å². The van der Waals surface area contributed by atoms with Gasteiger partial charge in [-0.3, -0.25) is 4.79 Å². The highest BCUT2D eigenvalue weighted by atomic mass is 32.2. The fourth-order valence-corrected chi connectivity index (χ4v) is 1.73. The molecule has 0 bridgehead atoms. The van der Waals surface area contributed by atoms with Crippen molar-refractivity contribution >= 4 is 16.1 Å². The molecule has 0 N–H and O–H groups in total. The van der Waals surface area contributed by atoms with Crippen LogP contribution in [0.15, 0.2) is 24.3 Å². The zero-order chi connectivity index (χ0) is 10.6. The smallest absolute Gasteiger partial charge is 0.150 e. The van der Waals surface area contributed by atoms with Gasteiger partial charge in [-0.05, 0) is 18.1 Å². The SMILES string of the molecule is CS(=O)(=O)CCc1cccc(C=O)c1. The van der Waals surface area contributed by atoms with Crippen LogP contribution in [0.3, 0.4) is 0 Å². The van der Waals surface area contributed by atoms with Gasteiger partial charge in [-0.25, -0.2) is 8.42 Å². The first kappa shape index (κ1) is 10.9. The Morgan fingerprint density at radius 2 is 2.07 bits per heavy atom. The first-order valence-electron chi connectivity index (χ1n) is 4.23. The lowest BCUT2D eigenvalue weighted by Gasteiger charge is -2.00. The van der Waals surface area contributed by atoms with E-state index in [1.165, 1.54) is 6.26 Å². The Balaban J connectivity index is 2.72. The summed E-state index contributed by atoms with van der Waals surface area (Å²) in [5.41, 5.74) is 1.45. The van der Waals surface area contributed by atoms with Crippen LogP contribution in [0.2, 0.25) is 0 Å². The molecule has 1 aromatic carbocycles. The second-order valence-corrected chi connectivity index (χ2v) is 5.50. The Labute approximate surface area is 83.7 Å². The quantitative estimate of drug-likeness (QED) is 0.702. The van der Waals surface area contributed by atoms with Crippen LogP contribution in [0, 0.1) is 0 Å². The zero-order valence-corrected chi connectivity index (χ0v) is 8.75. The molecule has 0 fully saturated rings. The highest BCUT2D eigenvalue weighted by Crippen LogP contribution is 2.05. The topological polar surface area (TPSA) is 51.2 Å². The van der Waals surface area contributed by atoms with E-state index >= 15 is 0 Å². The standard InChI is InChI=1S/C10H12O3S/c1-14(12,13)6-5-9-3-2-4-10(7-9)8-11/h2-4,7-8H,5-6H2,1H3. The summed E-state index contributed by atoms with van der Waals surface area (Å²) in [4.78, 5) is 10.4. The number of aldehydes is 1. The molecule has 0 aliphatic rings. The van der Waals surface area contributed by atoms with E-state index in [2.05, 4.69) is 0 Å². The fourth-order valence-electron chi connectivity index (χ4n) is 1.13. The van der Waals surface area contributed by atoms with Gasteiger partial charge in [0, 0.05) is 11.8 Å². The Morgan fingerprint density at radius 1 is 1.36 bits per heavy atom. The summed E-state index contributed by atoms with van der Waals surface area (Å²) in [5, 5.41) is 0. The third-order valence-corrected chi connectivity index (χ3v) is 2.79. The van der Waals surface area contributed by atoms with E-state index < -0.39 is 9.84 Å². The molecular formula is C10H12O3S. The van der Waals surface area contributed by atoms with Crippen molar-refractivity contribution in [3.05, 3.63) is 35.4 Å². The minimum atomic E-state index is -2.93. The van der Waals surface area contributed by atoms with E-state index in [1.807, 2.05) is 6.07 Å². The van der Waals surface area contributed by atoms with Gasteiger partial charge in [0.15, 0.2) is 0 Å². The molecule has 0 atom stereocenters. The second-order valence-electron chi connectivity index (χ2n) is 3.24. The van der Waals surface area contributed by atoms with Crippen LogP contribution < -0.4 is 0 Å². The van der Waals surface area contributed by atoms with Crippen LogP contribution in [0.1, 0.15) is 15.9 Å². The summed E-state index contributed by atoms with van der Waals surface area (Å²) in [6.45, 7) is 0. The Hall–Kier alpha value is -1.16. The predicted octanol–water partition coefficient (Wildman–Crippen LogP) is 1.09. The Morgan fingerprint density at radius 3 is 2.64 bits per heavy atom. The lowest BCUT2D eigenvalue weighted by atomic mass is 10.1. The van der Waals surface area contributed by atoms with E-state index in [0.717, 1.165) is 11.8 Å².